The number of hydrogen-bond acceptors (Lipinski definition) is 5. The molecular formula is C24H25FN6O. The van der Waals surface area contributed by atoms with Crippen LogP contribution in [0, 0.1) is 5.82 Å². The Bertz CT molecular complexity index is 1180. The van der Waals surface area contributed by atoms with Crippen molar-refractivity contribution < 1.29 is 9.18 Å². The third-order valence-electron chi connectivity index (χ3n) is 5.36. The van der Waals surface area contributed by atoms with Crippen molar-refractivity contribution in [3.63, 3.8) is 0 Å². The number of nitrogens with zero attached hydrogens (tertiary/aromatic N) is 4. The summed E-state index contributed by atoms with van der Waals surface area (Å²) in [5.74, 6) is 0.229. The van der Waals surface area contributed by atoms with Crippen molar-refractivity contribution >= 4 is 22.8 Å². The van der Waals surface area contributed by atoms with Gasteiger partial charge in [-0.1, -0.05) is 49.4 Å². The lowest BCUT2D eigenvalue weighted by Crippen LogP contribution is -2.32. The van der Waals surface area contributed by atoms with Gasteiger partial charge < -0.3 is 10.6 Å². The Kier molecular flexibility index (Phi) is 6.69. The van der Waals surface area contributed by atoms with Crippen LogP contribution in [-0.4, -0.2) is 32.2 Å². The number of carbonyl (C=O) groups excluding carboxylic acids is 1. The lowest BCUT2D eigenvalue weighted by molar-refractivity contribution is -0.122. The lowest BCUT2D eigenvalue weighted by atomic mass is 9.96. The summed E-state index contributed by atoms with van der Waals surface area (Å²) in [6.07, 6.45) is 3.93. The van der Waals surface area contributed by atoms with Gasteiger partial charge in [-0.2, -0.15) is 5.10 Å². The highest BCUT2D eigenvalue weighted by Gasteiger charge is 2.18. The first-order chi connectivity index (χ1) is 15.7. The van der Waals surface area contributed by atoms with Gasteiger partial charge in [-0.3, -0.25) is 4.79 Å². The van der Waals surface area contributed by atoms with E-state index in [9.17, 15) is 9.18 Å². The molecule has 8 heteroatoms. The van der Waals surface area contributed by atoms with Crippen LogP contribution in [0.2, 0.25) is 0 Å². The molecule has 164 valence electrons. The summed E-state index contributed by atoms with van der Waals surface area (Å²) < 4.78 is 14.8. The maximum Gasteiger partial charge on any atom is 0.227 e. The van der Waals surface area contributed by atoms with Crippen molar-refractivity contribution in [1.82, 2.24) is 25.1 Å². The molecule has 0 radical (unpaired) electrons. The van der Waals surface area contributed by atoms with Crippen molar-refractivity contribution in [3.05, 3.63) is 84.1 Å². The van der Waals surface area contributed by atoms with Gasteiger partial charge in [0.25, 0.3) is 0 Å². The number of amides is 1. The van der Waals surface area contributed by atoms with E-state index in [1.807, 2.05) is 37.3 Å². The molecule has 4 rings (SSSR count). The molecule has 0 spiro atoms. The zero-order chi connectivity index (χ0) is 22.3. The van der Waals surface area contributed by atoms with Gasteiger partial charge in [-0.25, -0.2) is 19.0 Å². The van der Waals surface area contributed by atoms with Crippen molar-refractivity contribution in [3.8, 4) is 0 Å². The molecule has 0 fully saturated rings. The zero-order valence-corrected chi connectivity index (χ0v) is 17.8. The van der Waals surface area contributed by atoms with Crippen molar-refractivity contribution in [1.29, 1.82) is 0 Å². The van der Waals surface area contributed by atoms with Crippen LogP contribution in [0.4, 0.5) is 10.2 Å². The van der Waals surface area contributed by atoms with Crippen LogP contribution < -0.4 is 10.6 Å². The minimum atomic E-state index is -0.263. The molecule has 0 aliphatic rings. The molecule has 0 saturated carbocycles. The number of carbonyl (C=O) groups is 1. The van der Waals surface area contributed by atoms with Gasteiger partial charge in [0, 0.05) is 13.1 Å². The Hall–Kier alpha value is -3.81. The van der Waals surface area contributed by atoms with E-state index in [4.69, 9.17) is 0 Å². The molecule has 0 bridgehead atoms. The molecule has 0 aliphatic carbocycles. The molecule has 7 nitrogen and oxygen atoms in total. The van der Waals surface area contributed by atoms with Crippen LogP contribution in [0.1, 0.15) is 30.4 Å². The second-order valence-corrected chi connectivity index (χ2v) is 7.47. The fraction of sp³-hybridized carbons (Fsp3) is 0.250. The van der Waals surface area contributed by atoms with E-state index in [-0.39, 0.29) is 17.6 Å². The summed E-state index contributed by atoms with van der Waals surface area (Å²) in [5.41, 5.74) is 2.64. The van der Waals surface area contributed by atoms with E-state index in [2.05, 4.69) is 25.7 Å². The van der Waals surface area contributed by atoms with Crippen molar-refractivity contribution in [2.45, 2.75) is 32.4 Å². The van der Waals surface area contributed by atoms with Gasteiger partial charge in [-0.05, 0) is 29.7 Å². The maximum absolute atomic E-state index is 13.1. The number of halogens is 1. The van der Waals surface area contributed by atoms with Gasteiger partial charge in [-0.15, -0.1) is 0 Å². The largest absolute Gasteiger partial charge is 0.365 e. The first-order valence-electron chi connectivity index (χ1n) is 10.6. The standard InChI is InChI=1S/C24H25FN6O/c1-2-20(18-6-4-3-5-7-18)24(32)26-12-13-31-23-21(15-30-31)22(28-16-29-23)27-14-17-8-10-19(25)11-9-17/h3-11,15-16,20H,2,12-14H2,1H3,(H,26,32)(H,27,28,29). The van der Waals surface area contributed by atoms with Crippen LogP contribution in [-0.2, 0) is 17.9 Å². The Labute approximate surface area is 185 Å². The summed E-state index contributed by atoms with van der Waals surface area (Å²) in [7, 11) is 0. The molecule has 1 atom stereocenters. The molecule has 0 saturated heterocycles. The first kappa shape index (κ1) is 21.4. The molecule has 0 aliphatic heterocycles. The SMILES string of the molecule is CCC(C(=O)NCCn1ncc2c(NCc3ccc(F)cc3)ncnc21)c1ccccc1. The summed E-state index contributed by atoms with van der Waals surface area (Å²) in [6.45, 7) is 3.46. The molecule has 1 unspecified atom stereocenters. The lowest BCUT2D eigenvalue weighted by Gasteiger charge is -2.15. The molecule has 1 amide bonds. The van der Waals surface area contributed by atoms with E-state index < -0.39 is 0 Å². The number of nitrogens with one attached hydrogen (secondary N) is 2. The number of benzene rings is 2. The van der Waals surface area contributed by atoms with Crippen LogP contribution in [0.25, 0.3) is 11.0 Å². The first-order valence-corrected chi connectivity index (χ1v) is 10.6. The summed E-state index contributed by atoms with van der Waals surface area (Å²) in [4.78, 5) is 21.3. The molecule has 2 aromatic carbocycles. The second kappa shape index (κ2) is 10.00. The van der Waals surface area contributed by atoms with Gasteiger partial charge in [0.05, 0.1) is 24.0 Å². The highest BCUT2D eigenvalue weighted by Crippen LogP contribution is 2.20. The molecule has 2 N–H and O–H groups in total. The Balaban J connectivity index is 1.38. The highest BCUT2D eigenvalue weighted by atomic mass is 19.1. The fourth-order valence-electron chi connectivity index (χ4n) is 3.65. The van der Waals surface area contributed by atoms with Gasteiger partial charge in [0.2, 0.25) is 5.91 Å². The quantitative estimate of drug-likeness (QED) is 0.419. The van der Waals surface area contributed by atoms with Crippen LogP contribution in [0.3, 0.4) is 0 Å². The summed E-state index contributed by atoms with van der Waals surface area (Å²) in [5, 5.41) is 11.5. The van der Waals surface area contributed by atoms with E-state index in [1.165, 1.54) is 18.5 Å². The topological polar surface area (TPSA) is 84.7 Å². The van der Waals surface area contributed by atoms with E-state index in [0.717, 1.165) is 22.9 Å². The monoisotopic (exact) mass is 432 g/mol. The Morgan fingerprint density at radius 1 is 1.09 bits per heavy atom. The Morgan fingerprint density at radius 3 is 2.62 bits per heavy atom. The van der Waals surface area contributed by atoms with E-state index in [0.29, 0.717) is 31.1 Å². The maximum atomic E-state index is 13.1. The fourth-order valence-corrected chi connectivity index (χ4v) is 3.65. The zero-order valence-electron chi connectivity index (χ0n) is 17.8. The van der Waals surface area contributed by atoms with Gasteiger partial charge >= 0.3 is 0 Å². The average Bonchev–Trinajstić information content (AvgIpc) is 3.24. The van der Waals surface area contributed by atoms with Crippen LogP contribution in [0.5, 0.6) is 0 Å². The molecule has 32 heavy (non-hydrogen) atoms. The van der Waals surface area contributed by atoms with Crippen molar-refractivity contribution in [2.75, 3.05) is 11.9 Å². The predicted octanol–water partition coefficient (Wildman–Crippen LogP) is 3.89. The number of aromatic nitrogens is 4. The number of fused-ring (bicyclic) bond motifs is 1. The number of hydrogen-bond donors (Lipinski definition) is 2. The van der Waals surface area contributed by atoms with E-state index >= 15 is 0 Å². The average molecular weight is 433 g/mol. The number of anilines is 1. The minimum absolute atomic E-state index is 0.00596. The third-order valence-corrected chi connectivity index (χ3v) is 5.36. The smallest absolute Gasteiger partial charge is 0.227 e. The second-order valence-electron chi connectivity index (χ2n) is 7.47. The minimum Gasteiger partial charge on any atom is -0.365 e. The summed E-state index contributed by atoms with van der Waals surface area (Å²) >= 11 is 0. The normalized spacial score (nSPS) is 11.9. The molecule has 2 heterocycles. The van der Waals surface area contributed by atoms with Gasteiger partial charge in [0.15, 0.2) is 5.65 Å². The van der Waals surface area contributed by atoms with Crippen molar-refractivity contribution in [2.24, 2.45) is 0 Å². The van der Waals surface area contributed by atoms with Gasteiger partial charge in [0.1, 0.15) is 18.0 Å². The molecular weight excluding hydrogens is 407 g/mol. The van der Waals surface area contributed by atoms with Crippen LogP contribution in [0.15, 0.2) is 67.1 Å². The molecule has 2 aromatic heterocycles. The Morgan fingerprint density at radius 2 is 1.88 bits per heavy atom. The number of rotatable bonds is 9. The predicted molar refractivity (Wildman–Crippen MR) is 122 cm³/mol. The summed E-state index contributed by atoms with van der Waals surface area (Å²) in [6, 6.07) is 16.1. The highest BCUT2D eigenvalue weighted by molar-refractivity contribution is 5.86. The third kappa shape index (κ3) is 4.91. The van der Waals surface area contributed by atoms with E-state index in [1.54, 1.807) is 23.0 Å². The molecule has 4 aromatic rings. The van der Waals surface area contributed by atoms with Crippen LogP contribution >= 0.6 is 0 Å².